The van der Waals surface area contributed by atoms with Crippen molar-refractivity contribution in [1.82, 2.24) is 5.32 Å². The third-order valence-corrected chi connectivity index (χ3v) is 5.12. The maximum absolute atomic E-state index is 12.1. The average Bonchev–Trinajstić information content (AvgIpc) is 3.39. The molecule has 0 aliphatic carbocycles. The van der Waals surface area contributed by atoms with E-state index in [9.17, 15) is 9.59 Å². The van der Waals surface area contributed by atoms with Crippen LogP contribution in [-0.4, -0.2) is 54.7 Å². The standard InChI is InChI=1S/C22H23N3O5/c1-14(27)23-11-20-12-25(22(28)29-20)18-8-6-16(7-9-18)15-2-4-17(5-3-15)21-10-19(13-26)30-24-21/h2-9,19-20,26H,10-13H2,1H3,(H,23,27)/t19-,20-/m0/s1. The maximum atomic E-state index is 12.1. The first-order valence-corrected chi connectivity index (χ1v) is 9.80. The van der Waals surface area contributed by atoms with E-state index in [1.165, 1.54) is 6.92 Å². The smallest absolute Gasteiger partial charge is 0.414 e. The third kappa shape index (κ3) is 4.28. The Kier molecular flexibility index (Phi) is 5.67. The first-order chi connectivity index (χ1) is 14.5. The van der Waals surface area contributed by atoms with Crippen LogP contribution in [0, 0.1) is 0 Å². The van der Waals surface area contributed by atoms with Crippen molar-refractivity contribution in [3.63, 3.8) is 0 Å². The van der Waals surface area contributed by atoms with E-state index in [1.54, 1.807) is 4.90 Å². The summed E-state index contributed by atoms with van der Waals surface area (Å²) in [6, 6.07) is 15.6. The molecule has 30 heavy (non-hydrogen) atoms. The van der Waals surface area contributed by atoms with Crippen LogP contribution in [0.3, 0.4) is 0 Å². The van der Waals surface area contributed by atoms with Gasteiger partial charge >= 0.3 is 6.09 Å². The average molecular weight is 409 g/mol. The second kappa shape index (κ2) is 8.54. The van der Waals surface area contributed by atoms with Crippen LogP contribution in [0.1, 0.15) is 18.9 Å². The fourth-order valence-corrected chi connectivity index (χ4v) is 3.48. The molecule has 8 heteroatoms. The summed E-state index contributed by atoms with van der Waals surface area (Å²) in [6.45, 7) is 2.08. The second-order valence-electron chi connectivity index (χ2n) is 7.33. The lowest BCUT2D eigenvalue weighted by Gasteiger charge is -2.14. The molecule has 2 aliphatic rings. The summed E-state index contributed by atoms with van der Waals surface area (Å²) in [5.74, 6) is -0.152. The third-order valence-electron chi connectivity index (χ3n) is 5.12. The zero-order valence-corrected chi connectivity index (χ0v) is 16.6. The molecule has 2 aromatic rings. The predicted molar refractivity (Wildman–Crippen MR) is 111 cm³/mol. The number of nitrogens with zero attached hydrogens (tertiary/aromatic N) is 2. The Morgan fingerprint density at radius 3 is 2.33 bits per heavy atom. The Morgan fingerprint density at radius 1 is 1.10 bits per heavy atom. The van der Waals surface area contributed by atoms with Crippen LogP contribution >= 0.6 is 0 Å². The Morgan fingerprint density at radius 2 is 1.73 bits per heavy atom. The molecule has 156 valence electrons. The number of ether oxygens (including phenoxy) is 1. The van der Waals surface area contributed by atoms with Gasteiger partial charge in [0.1, 0.15) is 6.10 Å². The van der Waals surface area contributed by atoms with Crippen LogP contribution in [0.4, 0.5) is 10.5 Å². The molecule has 1 fully saturated rings. The highest BCUT2D eigenvalue weighted by atomic mass is 16.6. The van der Waals surface area contributed by atoms with E-state index in [0.717, 1.165) is 28.1 Å². The van der Waals surface area contributed by atoms with Crippen molar-refractivity contribution < 1.29 is 24.3 Å². The number of aliphatic hydroxyl groups is 1. The highest BCUT2D eigenvalue weighted by Gasteiger charge is 2.32. The van der Waals surface area contributed by atoms with E-state index >= 15 is 0 Å². The number of hydrogen-bond acceptors (Lipinski definition) is 6. The molecule has 2 heterocycles. The Balaban J connectivity index is 1.41. The van der Waals surface area contributed by atoms with E-state index < -0.39 is 6.09 Å². The van der Waals surface area contributed by atoms with Gasteiger partial charge in [0, 0.05) is 19.0 Å². The fourth-order valence-electron chi connectivity index (χ4n) is 3.48. The first kappa shape index (κ1) is 19.9. The lowest BCUT2D eigenvalue weighted by molar-refractivity contribution is -0.119. The number of carbonyl (C=O) groups excluding carboxylic acids is 2. The molecule has 2 aliphatic heterocycles. The Hall–Kier alpha value is -3.39. The van der Waals surface area contributed by atoms with Gasteiger partial charge < -0.3 is 20.0 Å². The number of anilines is 1. The van der Waals surface area contributed by atoms with Gasteiger partial charge in [-0.3, -0.25) is 9.69 Å². The number of amides is 2. The lowest BCUT2D eigenvalue weighted by atomic mass is 10.00. The molecule has 0 spiro atoms. The molecule has 1 saturated heterocycles. The minimum Gasteiger partial charge on any atom is -0.442 e. The van der Waals surface area contributed by atoms with Crippen LogP contribution in [0.25, 0.3) is 11.1 Å². The van der Waals surface area contributed by atoms with Crippen molar-refractivity contribution in [3.8, 4) is 11.1 Å². The molecule has 0 aromatic heterocycles. The van der Waals surface area contributed by atoms with Gasteiger partial charge in [-0.1, -0.05) is 41.6 Å². The number of cyclic esters (lactones) is 1. The van der Waals surface area contributed by atoms with Crippen molar-refractivity contribution in [1.29, 1.82) is 0 Å². The zero-order valence-electron chi connectivity index (χ0n) is 16.6. The fraction of sp³-hybridized carbons (Fsp3) is 0.318. The number of nitrogens with one attached hydrogen (secondary N) is 1. The molecule has 0 saturated carbocycles. The highest BCUT2D eigenvalue weighted by molar-refractivity contribution is 6.01. The van der Waals surface area contributed by atoms with Gasteiger partial charge in [0.25, 0.3) is 0 Å². The number of hydrogen-bond donors (Lipinski definition) is 2. The monoisotopic (exact) mass is 409 g/mol. The first-order valence-electron chi connectivity index (χ1n) is 9.80. The molecule has 2 atom stereocenters. The van der Waals surface area contributed by atoms with Crippen LogP contribution < -0.4 is 10.2 Å². The summed E-state index contributed by atoms with van der Waals surface area (Å²) >= 11 is 0. The molecule has 0 unspecified atom stereocenters. The summed E-state index contributed by atoms with van der Waals surface area (Å²) in [4.78, 5) is 29.9. The minimum atomic E-state index is -0.414. The molecule has 0 radical (unpaired) electrons. The summed E-state index contributed by atoms with van der Waals surface area (Å²) in [5, 5.41) is 15.9. The zero-order chi connectivity index (χ0) is 21.1. The van der Waals surface area contributed by atoms with Gasteiger partial charge in [-0.05, 0) is 28.8 Å². The van der Waals surface area contributed by atoms with Gasteiger partial charge in [-0.2, -0.15) is 0 Å². The summed E-state index contributed by atoms with van der Waals surface area (Å²) < 4.78 is 5.31. The van der Waals surface area contributed by atoms with Crippen molar-refractivity contribution >= 4 is 23.4 Å². The molecule has 2 aromatic carbocycles. The molecule has 4 rings (SSSR count). The molecule has 8 nitrogen and oxygen atoms in total. The number of aliphatic hydroxyl groups excluding tert-OH is 1. The SMILES string of the molecule is CC(=O)NC[C@H]1CN(c2ccc(-c3ccc(C4=NO[C@H](CO)C4)cc3)cc2)C(=O)O1. The number of carbonyl (C=O) groups is 2. The van der Waals surface area contributed by atoms with Crippen molar-refractivity contribution in [2.75, 3.05) is 24.6 Å². The Bertz CT molecular complexity index is 956. The van der Waals surface area contributed by atoms with Crippen LogP contribution in [0.2, 0.25) is 0 Å². The predicted octanol–water partition coefficient (Wildman–Crippen LogP) is 2.30. The van der Waals surface area contributed by atoms with E-state index in [0.29, 0.717) is 19.5 Å². The minimum absolute atomic E-state index is 0.0457. The summed E-state index contributed by atoms with van der Waals surface area (Å²) in [5.41, 5.74) is 4.61. The molecule has 0 bridgehead atoms. The van der Waals surface area contributed by atoms with E-state index in [1.807, 2.05) is 48.5 Å². The van der Waals surface area contributed by atoms with Crippen molar-refractivity contribution in [2.24, 2.45) is 5.16 Å². The lowest BCUT2D eigenvalue weighted by Crippen LogP contribution is -2.33. The van der Waals surface area contributed by atoms with Crippen LogP contribution in [-0.2, 0) is 14.4 Å². The number of rotatable bonds is 6. The van der Waals surface area contributed by atoms with Crippen molar-refractivity contribution in [3.05, 3.63) is 54.1 Å². The van der Waals surface area contributed by atoms with Gasteiger partial charge in [-0.15, -0.1) is 0 Å². The van der Waals surface area contributed by atoms with Gasteiger partial charge in [0.05, 0.1) is 25.4 Å². The highest BCUT2D eigenvalue weighted by Crippen LogP contribution is 2.27. The molecular weight excluding hydrogens is 386 g/mol. The van der Waals surface area contributed by atoms with E-state index in [2.05, 4.69) is 10.5 Å². The van der Waals surface area contributed by atoms with Gasteiger partial charge in [-0.25, -0.2) is 4.79 Å². The maximum Gasteiger partial charge on any atom is 0.414 e. The van der Waals surface area contributed by atoms with Gasteiger partial charge in [0.2, 0.25) is 5.91 Å². The largest absolute Gasteiger partial charge is 0.442 e. The second-order valence-corrected chi connectivity index (χ2v) is 7.33. The van der Waals surface area contributed by atoms with E-state index in [-0.39, 0.29) is 24.7 Å². The Labute approximate surface area is 174 Å². The van der Waals surface area contributed by atoms with Crippen LogP contribution in [0.5, 0.6) is 0 Å². The quantitative estimate of drug-likeness (QED) is 0.763. The van der Waals surface area contributed by atoms with Crippen molar-refractivity contribution in [2.45, 2.75) is 25.6 Å². The molecule has 2 amide bonds. The molecule has 2 N–H and O–H groups in total. The van der Waals surface area contributed by atoms with Gasteiger partial charge in [0.15, 0.2) is 6.10 Å². The van der Waals surface area contributed by atoms with E-state index in [4.69, 9.17) is 14.7 Å². The van der Waals surface area contributed by atoms with Crippen LogP contribution in [0.15, 0.2) is 53.7 Å². The number of benzene rings is 2. The normalized spacial score (nSPS) is 20.5. The summed E-state index contributed by atoms with van der Waals surface area (Å²) in [7, 11) is 0. The number of oxime groups is 1. The topological polar surface area (TPSA) is 100 Å². The summed E-state index contributed by atoms with van der Waals surface area (Å²) in [6.07, 6.45) is -0.438. The molecular formula is C22H23N3O5.